The Labute approximate surface area is 293 Å². The van der Waals surface area contributed by atoms with Gasteiger partial charge < -0.3 is 19.9 Å². The predicted octanol–water partition coefficient (Wildman–Crippen LogP) is 9.75. The van der Waals surface area contributed by atoms with Crippen molar-refractivity contribution < 1.29 is 0 Å². The number of nitrogens with zero attached hydrogens (tertiary/aromatic N) is 4. The molecule has 0 radical (unpaired) electrons. The lowest BCUT2D eigenvalue weighted by Gasteiger charge is -2.04. The first-order valence-corrected chi connectivity index (χ1v) is 17.7. The number of hydrogen-bond donors (Lipinski definition) is 4. The Hall–Kier alpha value is -5.76. The molecule has 5 heterocycles. The Morgan fingerprint density at radius 2 is 0.640 bits per heavy atom. The van der Waals surface area contributed by atoms with Crippen LogP contribution in [0.4, 0.5) is 22.7 Å². The summed E-state index contributed by atoms with van der Waals surface area (Å²) in [6, 6.07) is 24.8. The molecule has 0 fully saturated rings. The Balaban J connectivity index is 1.31. The van der Waals surface area contributed by atoms with Crippen LogP contribution in [0.3, 0.4) is 0 Å². The Kier molecular flexibility index (Phi) is 9.69. The van der Waals surface area contributed by atoms with Gasteiger partial charge in [0, 0.05) is 35.6 Å². The van der Waals surface area contributed by atoms with Crippen molar-refractivity contribution in [1.29, 1.82) is 0 Å². The van der Waals surface area contributed by atoms with Gasteiger partial charge in [-0.05, 0) is 96.5 Å². The van der Waals surface area contributed by atoms with Crippen LogP contribution >= 0.6 is 0 Å². The molecule has 50 heavy (non-hydrogen) atoms. The van der Waals surface area contributed by atoms with Gasteiger partial charge in [0.15, 0.2) is 0 Å². The molecule has 4 aromatic heterocycles. The third kappa shape index (κ3) is 7.15. The van der Waals surface area contributed by atoms with E-state index in [1.54, 1.807) is 0 Å². The summed E-state index contributed by atoms with van der Waals surface area (Å²) < 4.78 is 0. The molecule has 0 aliphatic carbocycles. The van der Waals surface area contributed by atoms with Crippen molar-refractivity contribution in [3.05, 3.63) is 141 Å². The van der Waals surface area contributed by atoms with Crippen molar-refractivity contribution in [1.82, 2.24) is 19.9 Å². The molecule has 6 aromatic rings. The number of para-hydroxylation sites is 4. The quantitative estimate of drug-likeness (QED) is 0.144. The first kappa shape index (κ1) is 32.8. The Morgan fingerprint density at radius 3 is 0.860 bits per heavy atom. The standard InChI is InChI=1S/C42H44N8/c1-5-27-17-31-23-43-35-13-9-10-14-36(35)45-25-33-19-29(7-3)41(49-33)22-42-30(8-4)20-34(50-42)26-46-38-16-12-11-15-37(38)44-24-32-18-28(6-2)40(48-32)21-39(27)47-31/h9-20,23-26,47-50H,5-8,21-22H2,1-4H3. The third-order valence-electron chi connectivity index (χ3n) is 9.42. The van der Waals surface area contributed by atoms with Crippen molar-refractivity contribution >= 4 is 47.6 Å². The van der Waals surface area contributed by atoms with Gasteiger partial charge >= 0.3 is 0 Å². The van der Waals surface area contributed by atoms with Gasteiger partial charge in [0.05, 0.1) is 70.4 Å². The second kappa shape index (κ2) is 14.8. The highest BCUT2D eigenvalue weighted by Crippen LogP contribution is 2.30. The predicted molar refractivity (Wildman–Crippen MR) is 208 cm³/mol. The summed E-state index contributed by atoms with van der Waals surface area (Å²) in [6.07, 6.45) is 12.9. The maximum Gasteiger partial charge on any atom is 0.0887 e. The van der Waals surface area contributed by atoms with E-state index < -0.39 is 0 Å². The molecular formula is C42H44N8. The molecule has 0 unspecified atom stereocenters. The Morgan fingerprint density at radius 1 is 0.400 bits per heavy atom. The summed E-state index contributed by atoms with van der Waals surface area (Å²) in [5.74, 6) is 0. The van der Waals surface area contributed by atoms with E-state index in [-0.39, 0.29) is 0 Å². The van der Waals surface area contributed by atoms with Crippen molar-refractivity contribution in [3.63, 3.8) is 0 Å². The normalized spacial score (nSPS) is 13.0. The number of hydrogen-bond acceptors (Lipinski definition) is 4. The molecule has 0 saturated carbocycles. The van der Waals surface area contributed by atoms with E-state index in [2.05, 4.69) is 71.9 Å². The van der Waals surface area contributed by atoms with E-state index >= 15 is 0 Å². The van der Waals surface area contributed by atoms with Crippen LogP contribution in [-0.2, 0) is 38.5 Å². The number of rotatable bonds is 4. The van der Waals surface area contributed by atoms with E-state index in [4.69, 9.17) is 20.0 Å². The molecule has 1 aliphatic heterocycles. The fourth-order valence-electron chi connectivity index (χ4n) is 6.71. The fraction of sp³-hybridized carbons (Fsp3) is 0.238. The number of aliphatic imine (C=N–C) groups is 4. The SMILES string of the molecule is CCc1cc2[nH]c1Cc1[nH]c(cc1CC)C=Nc1ccccc1N=Cc1cc(CC)c([nH]1)Cc1[nH]c(cc1CC)C=Nc1ccccc1N=C2. The molecule has 8 bridgehead atoms. The zero-order valence-corrected chi connectivity index (χ0v) is 29.3. The fourth-order valence-corrected chi connectivity index (χ4v) is 6.71. The van der Waals surface area contributed by atoms with Crippen molar-refractivity contribution in [2.24, 2.45) is 20.0 Å². The highest BCUT2D eigenvalue weighted by Gasteiger charge is 2.14. The maximum atomic E-state index is 4.88. The summed E-state index contributed by atoms with van der Waals surface area (Å²) in [7, 11) is 0. The molecule has 7 rings (SSSR count). The lowest BCUT2D eigenvalue weighted by Crippen LogP contribution is -1.97. The minimum atomic E-state index is 0.769. The van der Waals surface area contributed by atoms with Crippen molar-refractivity contribution in [3.8, 4) is 0 Å². The average Bonchev–Trinajstić information content (AvgIpc) is 3.93. The van der Waals surface area contributed by atoms with Crippen molar-refractivity contribution in [2.75, 3.05) is 0 Å². The summed E-state index contributed by atoms with van der Waals surface area (Å²) in [5, 5.41) is 0. The van der Waals surface area contributed by atoms with Crippen LogP contribution in [0, 0.1) is 0 Å². The zero-order chi connectivity index (χ0) is 34.5. The summed E-state index contributed by atoms with van der Waals surface area (Å²) in [4.78, 5) is 34.1. The molecule has 0 amide bonds. The summed E-state index contributed by atoms with van der Waals surface area (Å²) in [5.41, 5.74) is 17.0. The van der Waals surface area contributed by atoms with Crippen molar-refractivity contribution in [2.45, 2.75) is 66.2 Å². The smallest absolute Gasteiger partial charge is 0.0887 e. The largest absolute Gasteiger partial charge is 0.357 e. The maximum absolute atomic E-state index is 4.88. The van der Waals surface area contributed by atoms with Crippen LogP contribution in [0.15, 0.2) is 92.8 Å². The van der Waals surface area contributed by atoms with E-state index in [1.807, 2.05) is 73.4 Å². The van der Waals surface area contributed by atoms with Crippen LogP contribution in [-0.4, -0.2) is 44.8 Å². The zero-order valence-electron chi connectivity index (χ0n) is 29.3. The van der Waals surface area contributed by atoms with Gasteiger partial charge in [0.2, 0.25) is 0 Å². The van der Waals surface area contributed by atoms with Gasteiger partial charge in [-0.25, -0.2) is 0 Å². The van der Waals surface area contributed by atoms with Crippen LogP contribution in [0.5, 0.6) is 0 Å². The lowest BCUT2D eigenvalue weighted by atomic mass is 10.1. The van der Waals surface area contributed by atoms with Crippen LogP contribution < -0.4 is 0 Å². The third-order valence-corrected chi connectivity index (χ3v) is 9.42. The van der Waals surface area contributed by atoms with Gasteiger partial charge in [-0.2, -0.15) is 0 Å². The van der Waals surface area contributed by atoms with Gasteiger partial charge in [-0.15, -0.1) is 0 Å². The van der Waals surface area contributed by atoms with Gasteiger partial charge in [0.25, 0.3) is 0 Å². The second-order valence-electron chi connectivity index (χ2n) is 12.7. The minimum Gasteiger partial charge on any atom is -0.357 e. The molecule has 4 N–H and O–H groups in total. The molecule has 0 saturated heterocycles. The first-order chi connectivity index (χ1) is 24.5. The summed E-state index contributed by atoms with van der Waals surface area (Å²) in [6.45, 7) is 8.78. The Bertz CT molecular complexity index is 1920. The van der Waals surface area contributed by atoms with Gasteiger partial charge in [-0.1, -0.05) is 52.0 Å². The van der Waals surface area contributed by atoms with Crippen LogP contribution in [0.2, 0.25) is 0 Å². The van der Waals surface area contributed by atoms with Gasteiger partial charge in [0.1, 0.15) is 0 Å². The van der Waals surface area contributed by atoms with E-state index in [1.165, 1.54) is 45.0 Å². The number of fused-ring (bicyclic) bond motifs is 10. The minimum absolute atomic E-state index is 0.769. The van der Waals surface area contributed by atoms with E-state index in [9.17, 15) is 0 Å². The molecule has 8 nitrogen and oxygen atoms in total. The molecule has 252 valence electrons. The molecule has 8 heteroatoms. The molecule has 0 spiro atoms. The monoisotopic (exact) mass is 660 g/mol. The highest BCUT2D eigenvalue weighted by molar-refractivity contribution is 5.87. The number of aryl methyl sites for hydroxylation is 4. The van der Waals surface area contributed by atoms with Gasteiger partial charge in [-0.3, -0.25) is 20.0 Å². The molecular weight excluding hydrogens is 617 g/mol. The average molecular weight is 661 g/mol. The topological polar surface area (TPSA) is 113 Å². The van der Waals surface area contributed by atoms with E-state index in [0.717, 1.165) is 84.1 Å². The van der Waals surface area contributed by atoms with Crippen LogP contribution in [0.25, 0.3) is 0 Å². The number of aromatic amines is 4. The molecule has 1 aliphatic rings. The number of nitrogens with one attached hydrogen (secondary N) is 4. The number of benzene rings is 2. The second-order valence-corrected chi connectivity index (χ2v) is 12.7. The highest BCUT2D eigenvalue weighted by atomic mass is 14.9. The first-order valence-electron chi connectivity index (χ1n) is 17.7. The number of H-pyrrole nitrogens is 4. The lowest BCUT2D eigenvalue weighted by molar-refractivity contribution is 0.970. The van der Waals surface area contributed by atoms with E-state index in [0.29, 0.717) is 0 Å². The summed E-state index contributed by atoms with van der Waals surface area (Å²) >= 11 is 0. The molecule has 2 aromatic carbocycles. The number of aromatic nitrogens is 4. The van der Waals surface area contributed by atoms with Crippen LogP contribution in [0.1, 0.15) is 95.5 Å². The molecule has 0 atom stereocenters.